The standard InChI is InChI=1S/C38H45N5O3S/c1-28-25-32-34(39-27-30-9-8-18-43(30)38(32)44)26-35(28)46-24-7-5-17-42-21-19-41(20-22-42)16-4-6-23-45-31-14-12-29(13-15-31)37-40-33-10-2-3-11-36(33)47-37/h2-3,10-15,25-27,30H,4-9,16-24H2,1H3/t30-/m0/s1. The highest BCUT2D eigenvalue weighted by molar-refractivity contribution is 7.21. The van der Waals surface area contributed by atoms with E-state index in [9.17, 15) is 4.79 Å². The molecule has 47 heavy (non-hydrogen) atoms. The highest BCUT2D eigenvalue weighted by Gasteiger charge is 2.32. The fraction of sp³-hybridized carbons (Fsp3) is 0.447. The first-order valence-electron chi connectivity index (χ1n) is 17.3. The van der Waals surface area contributed by atoms with Crippen LogP contribution >= 0.6 is 11.3 Å². The Morgan fingerprint density at radius 3 is 2.32 bits per heavy atom. The third-order valence-electron chi connectivity index (χ3n) is 9.59. The highest BCUT2D eigenvalue weighted by atomic mass is 32.1. The zero-order valence-corrected chi connectivity index (χ0v) is 28.2. The van der Waals surface area contributed by atoms with E-state index in [1.54, 1.807) is 11.3 Å². The number of aliphatic imine (C=N–C) groups is 1. The molecule has 0 aliphatic carbocycles. The van der Waals surface area contributed by atoms with Crippen LogP contribution in [0.2, 0.25) is 0 Å². The Kier molecular flexibility index (Phi) is 10.1. The van der Waals surface area contributed by atoms with E-state index in [1.165, 1.54) is 4.70 Å². The maximum absolute atomic E-state index is 13.0. The van der Waals surface area contributed by atoms with Crippen molar-refractivity contribution in [2.75, 3.05) is 59.0 Å². The lowest BCUT2D eigenvalue weighted by molar-refractivity contribution is 0.0774. The molecule has 0 spiro atoms. The lowest BCUT2D eigenvalue weighted by Crippen LogP contribution is -2.46. The summed E-state index contributed by atoms with van der Waals surface area (Å²) < 4.78 is 13.4. The summed E-state index contributed by atoms with van der Waals surface area (Å²) in [6.07, 6.45) is 8.34. The van der Waals surface area contributed by atoms with Gasteiger partial charge in [0.05, 0.1) is 40.7 Å². The molecule has 8 nitrogen and oxygen atoms in total. The molecule has 0 radical (unpaired) electrons. The zero-order chi connectivity index (χ0) is 32.0. The van der Waals surface area contributed by atoms with Gasteiger partial charge in [-0.3, -0.25) is 9.79 Å². The number of ether oxygens (including phenoxy) is 2. The van der Waals surface area contributed by atoms with Gasteiger partial charge in [0.15, 0.2) is 0 Å². The van der Waals surface area contributed by atoms with Crippen molar-refractivity contribution in [1.29, 1.82) is 0 Å². The lowest BCUT2D eigenvalue weighted by atomic mass is 10.1. The number of unbranched alkanes of at least 4 members (excludes halogenated alkanes) is 2. The van der Waals surface area contributed by atoms with E-state index in [0.29, 0.717) is 12.2 Å². The molecule has 4 heterocycles. The number of carbonyl (C=O) groups is 1. The number of benzene rings is 3. The third kappa shape index (κ3) is 7.69. The number of piperazine rings is 1. The normalized spacial score (nSPS) is 18.4. The van der Waals surface area contributed by atoms with Crippen LogP contribution in [0.15, 0.2) is 65.7 Å². The first kappa shape index (κ1) is 31.8. The summed E-state index contributed by atoms with van der Waals surface area (Å²) in [6.45, 7) is 11.1. The topological polar surface area (TPSA) is 70.5 Å². The van der Waals surface area contributed by atoms with E-state index >= 15 is 0 Å². The summed E-state index contributed by atoms with van der Waals surface area (Å²) in [6, 6.07) is 20.7. The minimum Gasteiger partial charge on any atom is -0.494 e. The molecule has 0 N–H and O–H groups in total. The van der Waals surface area contributed by atoms with Crippen LogP contribution in [0.4, 0.5) is 5.69 Å². The predicted molar refractivity (Wildman–Crippen MR) is 191 cm³/mol. The fourth-order valence-electron chi connectivity index (χ4n) is 6.80. The molecule has 0 bridgehead atoms. The van der Waals surface area contributed by atoms with Crippen LogP contribution in [0.1, 0.15) is 54.4 Å². The molecule has 0 saturated carbocycles. The van der Waals surface area contributed by atoms with Gasteiger partial charge in [0.1, 0.15) is 16.5 Å². The number of fused-ring (bicyclic) bond motifs is 3. The van der Waals surface area contributed by atoms with E-state index in [-0.39, 0.29) is 11.9 Å². The van der Waals surface area contributed by atoms with Gasteiger partial charge < -0.3 is 24.2 Å². The molecule has 1 amide bonds. The monoisotopic (exact) mass is 651 g/mol. The Labute approximate surface area is 282 Å². The summed E-state index contributed by atoms with van der Waals surface area (Å²) in [5, 5.41) is 1.05. The second kappa shape index (κ2) is 15.0. The molecule has 2 fully saturated rings. The minimum atomic E-state index is 0.100. The Bertz CT molecular complexity index is 1660. The molecule has 2 saturated heterocycles. The summed E-state index contributed by atoms with van der Waals surface area (Å²) in [7, 11) is 0. The van der Waals surface area contributed by atoms with E-state index in [0.717, 1.165) is 130 Å². The third-order valence-corrected chi connectivity index (χ3v) is 10.7. The van der Waals surface area contributed by atoms with Gasteiger partial charge >= 0.3 is 0 Å². The van der Waals surface area contributed by atoms with Crippen molar-refractivity contribution in [3.05, 3.63) is 71.8 Å². The van der Waals surface area contributed by atoms with Gasteiger partial charge in [0.2, 0.25) is 0 Å². The van der Waals surface area contributed by atoms with Crippen LogP contribution < -0.4 is 9.47 Å². The second-order valence-corrected chi connectivity index (χ2v) is 14.0. The molecule has 4 aromatic rings. The smallest absolute Gasteiger partial charge is 0.256 e. The molecule has 0 unspecified atom stereocenters. The molecule has 3 aliphatic heterocycles. The number of hydrogen-bond acceptors (Lipinski definition) is 8. The van der Waals surface area contributed by atoms with Crippen LogP contribution in [0, 0.1) is 6.92 Å². The molecule has 3 aromatic carbocycles. The largest absolute Gasteiger partial charge is 0.494 e. The van der Waals surface area contributed by atoms with Gasteiger partial charge in [-0.25, -0.2) is 4.98 Å². The van der Waals surface area contributed by atoms with Crippen molar-refractivity contribution in [3.8, 4) is 22.1 Å². The Balaban J connectivity index is 0.751. The summed E-state index contributed by atoms with van der Waals surface area (Å²) in [5.74, 6) is 1.87. The van der Waals surface area contributed by atoms with Crippen molar-refractivity contribution in [3.63, 3.8) is 0 Å². The van der Waals surface area contributed by atoms with Crippen LogP contribution in [0.5, 0.6) is 11.5 Å². The fourth-order valence-corrected chi connectivity index (χ4v) is 7.78. The first-order valence-corrected chi connectivity index (χ1v) is 18.1. The molecular weight excluding hydrogens is 607 g/mol. The number of rotatable bonds is 13. The van der Waals surface area contributed by atoms with Gasteiger partial charge in [-0.2, -0.15) is 0 Å². The minimum absolute atomic E-state index is 0.100. The van der Waals surface area contributed by atoms with E-state index < -0.39 is 0 Å². The summed E-state index contributed by atoms with van der Waals surface area (Å²) in [5.41, 5.74) is 4.63. The predicted octanol–water partition coefficient (Wildman–Crippen LogP) is 7.23. The molecule has 1 aromatic heterocycles. The van der Waals surface area contributed by atoms with E-state index in [1.807, 2.05) is 36.2 Å². The number of thiazole rings is 1. The van der Waals surface area contributed by atoms with Crippen molar-refractivity contribution >= 4 is 39.4 Å². The molecule has 7 rings (SSSR count). The molecule has 9 heteroatoms. The van der Waals surface area contributed by atoms with E-state index in [2.05, 4.69) is 57.3 Å². The highest BCUT2D eigenvalue weighted by Crippen LogP contribution is 2.34. The lowest BCUT2D eigenvalue weighted by Gasteiger charge is -2.34. The van der Waals surface area contributed by atoms with E-state index in [4.69, 9.17) is 14.5 Å². The van der Waals surface area contributed by atoms with Crippen LogP contribution in [-0.4, -0.2) is 96.9 Å². The number of aryl methyl sites for hydroxylation is 1. The van der Waals surface area contributed by atoms with Crippen molar-refractivity contribution in [2.24, 2.45) is 4.99 Å². The van der Waals surface area contributed by atoms with Crippen molar-refractivity contribution in [2.45, 2.75) is 51.5 Å². The maximum Gasteiger partial charge on any atom is 0.256 e. The van der Waals surface area contributed by atoms with Gasteiger partial charge in [0.25, 0.3) is 5.91 Å². The zero-order valence-electron chi connectivity index (χ0n) is 27.4. The summed E-state index contributed by atoms with van der Waals surface area (Å²) in [4.78, 5) is 29.6. The quantitative estimate of drug-likeness (QED) is 0.142. The van der Waals surface area contributed by atoms with Gasteiger partial charge in [-0.05, 0) is 107 Å². The number of para-hydroxylation sites is 1. The van der Waals surface area contributed by atoms with Gasteiger partial charge in [-0.15, -0.1) is 11.3 Å². The van der Waals surface area contributed by atoms with Crippen LogP contribution in [0.25, 0.3) is 20.8 Å². The number of hydrogen-bond donors (Lipinski definition) is 0. The number of amides is 1. The second-order valence-electron chi connectivity index (χ2n) is 12.9. The number of carbonyl (C=O) groups excluding carboxylic acids is 1. The Morgan fingerprint density at radius 2 is 1.57 bits per heavy atom. The number of nitrogens with zero attached hydrogens (tertiary/aromatic N) is 5. The average Bonchev–Trinajstić information content (AvgIpc) is 3.73. The van der Waals surface area contributed by atoms with Crippen molar-refractivity contribution in [1.82, 2.24) is 19.7 Å². The van der Waals surface area contributed by atoms with Gasteiger partial charge in [-0.1, -0.05) is 12.1 Å². The molecule has 246 valence electrons. The number of aromatic nitrogens is 1. The van der Waals surface area contributed by atoms with Crippen molar-refractivity contribution < 1.29 is 14.3 Å². The molecule has 1 atom stereocenters. The average molecular weight is 652 g/mol. The Hall–Kier alpha value is -3.79. The summed E-state index contributed by atoms with van der Waals surface area (Å²) >= 11 is 1.73. The Morgan fingerprint density at radius 1 is 0.851 bits per heavy atom. The molecular formula is C38H45N5O3S. The van der Waals surface area contributed by atoms with Gasteiger partial charge in [0, 0.05) is 50.6 Å². The maximum atomic E-state index is 13.0. The molecule has 3 aliphatic rings. The SMILES string of the molecule is Cc1cc2c(cc1OCCCCN1CCN(CCCCOc3ccc(-c4nc5ccccc5s4)cc3)CC1)N=C[C@@H]1CCCN1C2=O. The van der Waals surface area contributed by atoms with Crippen LogP contribution in [0.3, 0.4) is 0 Å². The van der Waals surface area contributed by atoms with Crippen LogP contribution in [-0.2, 0) is 0 Å². The first-order chi connectivity index (χ1) is 23.1.